The van der Waals surface area contributed by atoms with Gasteiger partial charge in [0.05, 0.1) is 31.1 Å². The summed E-state index contributed by atoms with van der Waals surface area (Å²) in [6.45, 7) is 5.28. The lowest BCUT2D eigenvalue weighted by Gasteiger charge is -2.24. The summed E-state index contributed by atoms with van der Waals surface area (Å²) in [5.74, 6) is -6.74. The van der Waals surface area contributed by atoms with Gasteiger partial charge in [0.25, 0.3) is 5.91 Å². The summed E-state index contributed by atoms with van der Waals surface area (Å²) in [6.07, 6.45) is 1.38. The zero-order chi connectivity index (χ0) is 49.5. The van der Waals surface area contributed by atoms with Gasteiger partial charge in [0.15, 0.2) is 6.61 Å². The summed E-state index contributed by atoms with van der Waals surface area (Å²) >= 11 is 0. The van der Waals surface area contributed by atoms with E-state index in [0.29, 0.717) is 11.1 Å². The Hall–Kier alpha value is -5.09. The monoisotopic (exact) mass is 1000 g/mol. The Kier molecular flexibility index (Phi) is 20.6. The molecule has 1 aromatic heterocycles. The Balaban J connectivity index is 2.04. The summed E-state index contributed by atoms with van der Waals surface area (Å²) in [7, 11) is -15.3. The molecule has 0 spiro atoms. The predicted octanol–water partition coefficient (Wildman–Crippen LogP) is -0.164. The van der Waals surface area contributed by atoms with E-state index in [1.165, 1.54) is 0 Å². The number of methoxy groups -OCH3 is 1. The van der Waals surface area contributed by atoms with Crippen molar-refractivity contribution in [2.75, 3.05) is 54.9 Å². The van der Waals surface area contributed by atoms with Crippen LogP contribution in [-0.4, -0.2) is 131 Å². The van der Waals surface area contributed by atoms with Crippen molar-refractivity contribution in [2.45, 2.75) is 64.7 Å². The van der Waals surface area contributed by atoms with Crippen molar-refractivity contribution in [2.24, 2.45) is 11.8 Å². The van der Waals surface area contributed by atoms with Crippen LogP contribution in [0.25, 0.3) is 0 Å². The first kappa shape index (κ1) is 55.2. The van der Waals surface area contributed by atoms with Crippen LogP contribution in [0, 0.1) is 11.8 Å². The van der Waals surface area contributed by atoms with E-state index in [4.69, 9.17) is 4.74 Å². The maximum atomic E-state index is 14.1. The highest BCUT2D eigenvalue weighted by molar-refractivity contribution is 7.90. The van der Waals surface area contributed by atoms with Crippen molar-refractivity contribution in [1.29, 1.82) is 0 Å². The second-order valence-corrected chi connectivity index (χ2v) is 23.1. The largest absolute Gasteiger partial charge is 0.484 e. The molecule has 2 aromatic carbocycles. The Bertz CT molecular complexity index is 2430. The van der Waals surface area contributed by atoms with Gasteiger partial charge in [0.2, 0.25) is 51.9 Å². The SMILES string of the molecule is COC(=O)CNC(=O)COc1cc(NC(=O)[C@H](Cc2ccccc2)NS(=O)(=O)C[C@@H](NS(C)(=O)=O)C(C)C)nc(NC(=O)[C@H](Cc2ccccc2)NS(=O)(=O)C[C@@H](NS(C)(=O)=O)C(C)C)c1. The molecular formula is C40H58N8O14S4. The van der Waals surface area contributed by atoms with Crippen LogP contribution in [0.3, 0.4) is 0 Å². The minimum absolute atomic E-state index is 0.192. The number of nitrogens with one attached hydrogen (secondary N) is 7. The number of carbonyl (C=O) groups excluding carboxylic acids is 4. The molecule has 66 heavy (non-hydrogen) atoms. The molecule has 0 saturated carbocycles. The fourth-order valence-corrected chi connectivity index (χ4v) is 11.3. The van der Waals surface area contributed by atoms with Crippen molar-refractivity contribution >= 4 is 75.4 Å². The first-order chi connectivity index (χ1) is 30.6. The van der Waals surface area contributed by atoms with Gasteiger partial charge in [-0.2, -0.15) is 0 Å². The first-order valence-corrected chi connectivity index (χ1v) is 27.3. The molecule has 7 N–H and O–H groups in total. The van der Waals surface area contributed by atoms with Gasteiger partial charge in [-0.15, -0.1) is 0 Å². The third-order valence-electron chi connectivity index (χ3n) is 9.31. The smallest absolute Gasteiger partial charge is 0.325 e. The van der Waals surface area contributed by atoms with Crippen LogP contribution in [0.15, 0.2) is 72.8 Å². The predicted molar refractivity (Wildman–Crippen MR) is 247 cm³/mol. The molecule has 0 fully saturated rings. The number of amides is 3. The van der Waals surface area contributed by atoms with Gasteiger partial charge in [0.1, 0.15) is 36.0 Å². The van der Waals surface area contributed by atoms with Crippen LogP contribution in [0.2, 0.25) is 0 Å². The molecule has 1 heterocycles. The van der Waals surface area contributed by atoms with Gasteiger partial charge in [-0.05, 0) is 35.8 Å². The molecule has 3 aromatic rings. The van der Waals surface area contributed by atoms with E-state index in [1.807, 2.05) is 0 Å². The van der Waals surface area contributed by atoms with Crippen LogP contribution in [0.4, 0.5) is 11.6 Å². The number of nitrogens with zero attached hydrogens (tertiary/aromatic N) is 1. The molecule has 4 atom stereocenters. The summed E-state index contributed by atoms with van der Waals surface area (Å²) in [6, 6.07) is 13.8. The molecule has 0 saturated heterocycles. The maximum absolute atomic E-state index is 14.1. The maximum Gasteiger partial charge on any atom is 0.325 e. The van der Waals surface area contributed by atoms with Crippen molar-refractivity contribution in [1.82, 2.24) is 29.2 Å². The highest BCUT2D eigenvalue weighted by Crippen LogP contribution is 2.23. The van der Waals surface area contributed by atoms with Crippen molar-refractivity contribution in [3.8, 4) is 5.75 Å². The Morgan fingerprint density at radius 2 is 1.00 bits per heavy atom. The van der Waals surface area contributed by atoms with E-state index < -0.39 is 124 Å². The number of pyridine rings is 1. The van der Waals surface area contributed by atoms with E-state index >= 15 is 0 Å². The molecule has 0 unspecified atom stereocenters. The molecule has 0 aliphatic rings. The molecule has 0 aliphatic heterocycles. The lowest BCUT2D eigenvalue weighted by atomic mass is 10.1. The van der Waals surface area contributed by atoms with E-state index in [9.17, 15) is 52.8 Å². The number of esters is 1. The van der Waals surface area contributed by atoms with Gasteiger partial charge < -0.3 is 25.4 Å². The summed E-state index contributed by atoms with van der Waals surface area (Å²) < 4.78 is 122. The quantitative estimate of drug-likeness (QED) is 0.0488. The number of hydrogen-bond donors (Lipinski definition) is 7. The molecule has 3 amide bonds. The zero-order valence-corrected chi connectivity index (χ0v) is 40.7. The number of hydrogen-bond acceptors (Lipinski definition) is 15. The minimum Gasteiger partial charge on any atom is -0.484 e. The van der Waals surface area contributed by atoms with Crippen LogP contribution >= 0.6 is 0 Å². The van der Waals surface area contributed by atoms with Crippen molar-refractivity contribution in [3.05, 3.63) is 83.9 Å². The zero-order valence-electron chi connectivity index (χ0n) is 37.4. The average molecular weight is 1000 g/mol. The Morgan fingerprint density at radius 3 is 1.35 bits per heavy atom. The second-order valence-electron chi connectivity index (χ2n) is 16.0. The number of anilines is 2. The number of rotatable bonds is 27. The summed E-state index contributed by atoms with van der Waals surface area (Å²) in [5.41, 5.74) is 1.06. The van der Waals surface area contributed by atoms with E-state index in [2.05, 4.69) is 44.6 Å². The lowest BCUT2D eigenvalue weighted by Crippen LogP contribution is -2.50. The second kappa shape index (κ2) is 24.6. The summed E-state index contributed by atoms with van der Waals surface area (Å²) in [4.78, 5) is 56.6. The fourth-order valence-electron chi connectivity index (χ4n) is 5.94. The summed E-state index contributed by atoms with van der Waals surface area (Å²) in [5, 5.41) is 7.28. The van der Waals surface area contributed by atoms with Crippen molar-refractivity contribution in [3.63, 3.8) is 0 Å². The van der Waals surface area contributed by atoms with Gasteiger partial charge in [-0.3, -0.25) is 19.2 Å². The van der Waals surface area contributed by atoms with Crippen LogP contribution in [0.5, 0.6) is 5.75 Å². The topological polar surface area (TPSA) is 320 Å². The highest BCUT2D eigenvalue weighted by Gasteiger charge is 2.32. The van der Waals surface area contributed by atoms with Crippen molar-refractivity contribution < 1.29 is 62.3 Å². The third kappa shape index (κ3) is 21.0. The fraction of sp³-hybridized carbons (Fsp3) is 0.475. The number of benzene rings is 2. The van der Waals surface area contributed by atoms with Gasteiger partial charge in [-0.25, -0.2) is 57.5 Å². The minimum atomic E-state index is -4.40. The number of aromatic nitrogens is 1. The molecule has 0 aliphatic carbocycles. The molecule has 22 nitrogen and oxygen atoms in total. The Morgan fingerprint density at radius 1 is 0.606 bits per heavy atom. The van der Waals surface area contributed by atoms with E-state index in [1.54, 1.807) is 88.4 Å². The van der Waals surface area contributed by atoms with E-state index in [0.717, 1.165) is 31.8 Å². The normalized spacial score (nSPS) is 14.1. The molecular weight excluding hydrogens is 945 g/mol. The van der Waals surface area contributed by atoms with Crippen LogP contribution in [-0.2, 0) is 76.8 Å². The average Bonchev–Trinajstić information content (AvgIpc) is 3.20. The molecule has 26 heteroatoms. The van der Waals surface area contributed by atoms with Gasteiger partial charge >= 0.3 is 5.97 Å². The standard InChI is InChI=1S/C40H58N8O14S4/c1-26(2)33(45-63(6,53)54)24-65(57,58)47-31(18-28-14-10-8-11-15-28)39(51)43-35-20-30(62-23-37(49)41-22-38(50)61-5)21-36(42-35)44-40(52)32(19-29-16-12-9-13-17-29)48-66(59,60)25-34(27(3)4)46-64(7,55)56/h8-17,20-21,26-27,31-34,45-48H,18-19,22-25H2,1-7H3,(H,41,49)(H2,42,43,44,51,52)/t31-,32-,33+,34+/m0/s1. The number of sulfonamides is 4. The Labute approximate surface area is 386 Å². The molecule has 366 valence electrons. The third-order valence-corrected chi connectivity index (χ3v) is 13.7. The molecule has 0 bridgehead atoms. The van der Waals surface area contributed by atoms with Gasteiger partial charge in [-0.1, -0.05) is 88.4 Å². The first-order valence-electron chi connectivity index (χ1n) is 20.2. The van der Waals surface area contributed by atoms with Crippen LogP contribution < -0.4 is 39.6 Å². The highest BCUT2D eigenvalue weighted by atomic mass is 32.2. The molecule has 3 rings (SSSR count). The molecule has 0 radical (unpaired) electrons. The lowest BCUT2D eigenvalue weighted by molar-refractivity contribution is -0.141. The number of carbonyl (C=O) groups is 4. The number of ether oxygens (including phenoxy) is 2. The van der Waals surface area contributed by atoms with E-state index in [-0.39, 0.29) is 30.2 Å². The van der Waals surface area contributed by atoms with Crippen LogP contribution in [0.1, 0.15) is 38.8 Å². The van der Waals surface area contributed by atoms with Gasteiger partial charge in [0, 0.05) is 24.2 Å².